The van der Waals surface area contributed by atoms with E-state index in [9.17, 15) is 31.6 Å². The summed E-state index contributed by atoms with van der Waals surface area (Å²) in [5.74, 6) is -1.92. The van der Waals surface area contributed by atoms with Crippen molar-refractivity contribution in [3.63, 3.8) is 0 Å². The molecule has 0 radical (unpaired) electrons. The van der Waals surface area contributed by atoms with Gasteiger partial charge in [0, 0.05) is 12.7 Å². The molecule has 0 aliphatic carbocycles. The fourth-order valence-electron chi connectivity index (χ4n) is 2.12. The second-order valence-corrected chi connectivity index (χ2v) is 15.7. The van der Waals surface area contributed by atoms with Crippen LogP contribution in [0, 0.1) is 11.3 Å². The van der Waals surface area contributed by atoms with E-state index in [4.69, 9.17) is 10.2 Å². The summed E-state index contributed by atoms with van der Waals surface area (Å²) in [6.45, 7) is 10.7. The summed E-state index contributed by atoms with van der Waals surface area (Å²) in [5.41, 5.74) is -0.348. The molecule has 0 atom stereocenters. The van der Waals surface area contributed by atoms with Gasteiger partial charge in [-0.1, -0.05) is 32.5 Å². The number of carbonyl (C=O) groups excluding carboxylic acids is 1. The largest absolute Gasteiger partial charge is 0.534 e. The number of pyridine rings is 1. The smallest absolute Gasteiger partial charge is 0.417 e. The Kier molecular flexibility index (Phi) is 9.18. The van der Waals surface area contributed by atoms with E-state index in [1.165, 1.54) is 0 Å². The number of hydrogen-bond donors (Lipinski definition) is 1. The zero-order chi connectivity index (χ0) is 25.0. The van der Waals surface area contributed by atoms with E-state index in [1.54, 1.807) is 0 Å². The third-order valence-corrected chi connectivity index (χ3v) is 11.3. The van der Waals surface area contributed by atoms with Crippen molar-refractivity contribution in [1.29, 1.82) is 5.26 Å². The van der Waals surface area contributed by atoms with Crippen LogP contribution in [0.15, 0.2) is 11.1 Å². The maximum Gasteiger partial charge on any atom is 0.534 e. The molecule has 0 aromatic carbocycles. The number of alkyl halides is 3. The van der Waals surface area contributed by atoms with Gasteiger partial charge in [0.05, 0.1) is 11.3 Å². The molecule has 0 fully saturated rings. The monoisotopic (exact) mass is 513 g/mol. The van der Waals surface area contributed by atoms with Crippen molar-refractivity contribution in [2.75, 3.05) is 12.4 Å². The van der Waals surface area contributed by atoms with Crippen LogP contribution in [0.5, 0.6) is 5.88 Å². The van der Waals surface area contributed by atoms with Crippen LogP contribution in [0.25, 0.3) is 0 Å². The van der Waals surface area contributed by atoms with Crippen molar-refractivity contribution in [1.82, 2.24) is 4.98 Å². The van der Waals surface area contributed by atoms with Gasteiger partial charge in [-0.25, -0.2) is 4.98 Å². The lowest BCUT2D eigenvalue weighted by molar-refractivity contribution is -0.115. The normalized spacial score (nSPS) is 13.0. The highest BCUT2D eigenvalue weighted by Gasteiger charge is 2.49. The second kappa shape index (κ2) is 10.4. The first-order chi connectivity index (χ1) is 14.4. The van der Waals surface area contributed by atoms with Crippen LogP contribution in [0.3, 0.4) is 0 Å². The van der Waals surface area contributed by atoms with Gasteiger partial charge in [-0.15, -0.1) is 0 Å². The molecule has 32 heavy (non-hydrogen) atoms. The molecule has 0 aliphatic rings. The molecule has 1 aromatic rings. The van der Waals surface area contributed by atoms with E-state index in [-0.39, 0.29) is 33.4 Å². The van der Waals surface area contributed by atoms with E-state index in [2.05, 4.69) is 43.0 Å². The first kappa shape index (κ1) is 28.2. The predicted molar refractivity (Wildman–Crippen MR) is 116 cm³/mol. The van der Waals surface area contributed by atoms with Crippen molar-refractivity contribution in [3.8, 4) is 11.9 Å². The molecule has 0 aliphatic heterocycles. The number of nitrogens with two attached hydrogens (primary N) is 1. The number of aromatic nitrogens is 1. The minimum absolute atomic E-state index is 0.000308. The highest BCUT2D eigenvalue weighted by molar-refractivity contribution is 8.00. The molecule has 1 rings (SSSR count). The molecule has 0 saturated carbocycles. The quantitative estimate of drug-likeness (QED) is 0.165. The molecule has 1 heterocycles. The van der Waals surface area contributed by atoms with Crippen LogP contribution in [0.4, 0.5) is 13.2 Å². The molecule has 2 N–H and O–H groups in total. The SMILES string of the molecule is CC(C)(C)[Si](C)(C)OCCCc1cc(OS(=O)(=O)C(F)(F)F)nc(SCC(N)=O)c1C#N. The maximum absolute atomic E-state index is 12.7. The molecule has 1 amide bonds. The summed E-state index contributed by atoms with van der Waals surface area (Å²) in [6, 6.07) is 2.87. The van der Waals surface area contributed by atoms with Gasteiger partial charge in [-0.3, -0.25) is 4.79 Å². The summed E-state index contributed by atoms with van der Waals surface area (Å²) in [7, 11) is -7.99. The Morgan fingerprint density at radius 1 is 1.31 bits per heavy atom. The highest BCUT2D eigenvalue weighted by atomic mass is 32.2. The molecule has 1 aromatic heterocycles. The predicted octanol–water partition coefficient (Wildman–Crippen LogP) is 3.71. The molecule has 14 heteroatoms. The Morgan fingerprint density at radius 3 is 2.38 bits per heavy atom. The van der Waals surface area contributed by atoms with Crippen LogP contribution in [0.1, 0.15) is 38.3 Å². The van der Waals surface area contributed by atoms with Crippen LogP contribution in [-0.2, 0) is 25.8 Å². The van der Waals surface area contributed by atoms with E-state index in [0.29, 0.717) is 24.8 Å². The van der Waals surface area contributed by atoms with Gasteiger partial charge >= 0.3 is 15.6 Å². The molecular weight excluding hydrogens is 487 g/mol. The van der Waals surface area contributed by atoms with Crippen molar-refractivity contribution in [2.24, 2.45) is 5.73 Å². The topological polar surface area (TPSA) is 132 Å². The summed E-state index contributed by atoms with van der Waals surface area (Å²) in [4.78, 5) is 14.8. The number of rotatable bonds is 10. The molecule has 0 spiro atoms. The maximum atomic E-state index is 12.7. The minimum atomic E-state index is -5.96. The fraction of sp³-hybridized carbons (Fsp3) is 0.611. The Hall–Kier alpha value is -1.82. The van der Waals surface area contributed by atoms with Crippen LogP contribution in [-0.4, -0.2) is 45.5 Å². The first-order valence-corrected chi connectivity index (χ1v) is 14.7. The number of aryl methyl sites for hydroxylation is 1. The number of primary amides is 1. The Bertz CT molecular complexity index is 987. The van der Waals surface area contributed by atoms with Gasteiger partial charge in [-0.2, -0.15) is 26.9 Å². The molecule has 0 saturated heterocycles. The lowest BCUT2D eigenvalue weighted by Crippen LogP contribution is -2.41. The lowest BCUT2D eigenvalue weighted by atomic mass is 10.1. The van der Waals surface area contributed by atoms with Crippen LogP contribution >= 0.6 is 11.8 Å². The summed E-state index contributed by atoms with van der Waals surface area (Å²) in [5, 5.41) is 9.35. The first-order valence-electron chi connectivity index (χ1n) is 9.41. The van der Waals surface area contributed by atoms with Crippen molar-refractivity contribution in [3.05, 3.63) is 17.2 Å². The number of nitrogens with zero attached hydrogens (tertiary/aromatic N) is 2. The number of thioether (sulfide) groups is 1. The van der Waals surface area contributed by atoms with E-state index < -0.39 is 35.7 Å². The Morgan fingerprint density at radius 2 is 1.91 bits per heavy atom. The highest BCUT2D eigenvalue weighted by Crippen LogP contribution is 2.37. The van der Waals surface area contributed by atoms with Gasteiger partial charge in [0.1, 0.15) is 11.1 Å². The number of hydrogen-bond acceptors (Lipinski definition) is 8. The van der Waals surface area contributed by atoms with Crippen LogP contribution < -0.4 is 9.92 Å². The summed E-state index contributed by atoms with van der Waals surface area (Å²) >= 11 is 0.700. The van der Waals surface area contributed by atoms with Gasteiger partial charge < -0.3 is 14.3 Å². The molecule has 180 valence electrons. The fourth-order valence-corrected chi connectivity index (χ4v) is 4.36. The molecule has 8 nitrogen and oxygen atoms in total. The third kappa shape index (κ3) is 7.64. The molecular formula is C18H26F3N3O5S2Si. The summed E-state index contributed by atoms with van der Waals surface area (Å²) < 4.78 is 71.1. The van der Waals surface area contributed by atoms with Crippen LogP contribution in [0.2, 0.25) is 18.1 Å². The lowest BCUT2D eigenvalue weighted by Gasteiger charge is -2.36. The number of halogens is 3. The standard InChI is InChI=1S/C18H26F3N3O5S2Si/c1-17(2,3)32(4,5)28-8-6-7-12-9-15(29-31(26,27)18(19,20)21)24-16(13(12)10-22)30-11-14(23)25/h9H,6-8,11H2,1-5H3,(H2,23,25). The Balaban J connectivity index is 3.21. The van der Waals surface area contributed by atoms with E-state index in [0.717, 1.165) is 6.07 Å². The number of carbonyl (C=O) groups is 1. The molecule has 0 unspecified atom stereocenters. The molecule has 0 bridgehead atoms. The van der Waals surface area contributed by atoms with Crippen molar-refractivity contribution < 1.29 is 35.0 Å². The van der Waals surface area contributed by atoms with Gasteiger partial charge in [-0.05, 0) is 36.5 Å². The second-order valence-electron chi connectivity index (χ2n) is 8.36. The summed E-state index contributed by atoms with van der Waals surface area (Å²) in [6.07, 6.45) is 0.600. The van der Waals surface area contributed by atoms with Gasteiger partial charge in [0.15, 0.2) is 8.32 Å². The average molecular weight is 514 g/mol. The van der Waals surface area contributed by atoms with Gasteiger partial charge in [0.25, 0.3) is 0 Å². The minimum Gasteiger partial charge on any atom is -0.417 e. The van der Waals surface area contributed by atoms with Crippen molar-refractivity contribution >= 4 is 36.1 Å². The average Bonchev–Trinajstić information content (AvgIpc) is 2.61. The van der Waals surface area contributed by atoms with E-state index in [1.807, 2.05) is 6.07 Å². The zero-order valence-electron chi connectivity index (χ0n) is 18.4. The Labute approximate surface area is 190 Å². The van der Waals surface area contributed by atoms with Gasteiger partial charge in [0.2, 0.25) is 11.8 Å². The third-order valence-electron chi connectivity index (χ3n) is 4.85. The van der Waals surface area contributed by atoms with E-state index >= 15 is 0 Å². The zero-order valence-corrected chi connectivity index (χ0v) is 21.0. The number of amides is 1. The van der Waals surface area contributed by atoms with Crippen molar-refractivity contribution in [2.45, 2.75) is 62.3 Å². The number of nitriles is 1.